The van der Waals surface area contributed by atoms with E-state index < -0.39 is 5.54 Å². The van der Waals surface area contributed by atoms with Crippen molar-refractivity contribution in [2.24, 2.45) is 0 Å². The molecule has 8 nitrogen and oxygen atoms in total. The summed E-state index contributed by atoms with van der Waals surface area (Å²) in [4.78, 5) is 33.5. The second-order valence-corrected chi connectivity index (χ2v) is 5.42. The van der Waals surface area contributed by atoms with Gasteiger partial charge >= 0.3 is 0 Å². The zero-order valence-corrected chi connectivity index (χ0v) is 12.4. The van der Waals surface area contributed by atoms with Crippen LogP contribution in [0, 0.1) is 0 Å². The SMILES string of the molecule is CCCNc1cc(N2CC(=O)NC(=O)C2(C)C)nc(N)n1. The number of hydrogen-bond acceptors (Lipinski definition) is 7. The van der Waals surface area contributed by atoms with Crippen LogP contribution in [-0.4, -0.2) is 40.4 Å². The lowest BCUT2D eigenvalue weighted by molar-refractivity contribution is -0.135. The van der Waals surface area contributed by atoms with Crippen LogP contribution in [0.2, 0.25) is 0 Å². The topological polar surface area (TPSA) is 113 Å². The minimum atomic E-state index is -0.892. The number of aromatic nitrogens is 2. The molecule has 21 heavy (non-hydrogen) atoms. The molecule has 0 atom stereocenters. The number of nitrogens with one attached hydrogen (secondary N) is 2. The standard InChI is InChI=1S/C13H20N6O2/c1-4-5-15-8-6-9(17-12(14)16-8)19-7-10(20)18-11(21)13(19,2)3/h6H,4-5,7H2,1-3H3,(H,18,20,21)(H3,14,15,16,17). The Morgan fingerprint density at radius 3 is 2.81 bits per heavy atom. The number of rotatable bonds is 4. The van der Waals surface area contributed by atoms with Crippen LogP contribution in [0.4, 0.5) is 17.6 Å². The van der Waals surface area contributed by atoms with Gasteiger partial charge in [-0.15, -0.1) is 0 Å². The van der Waals surface area contributed by atoms with Crippen LogP contribution < -0.4 is 21.3 Å². The van der Waals surface area contributed by atoms with Crippen molar-refractivity contribution in [3.8, 4) is 0 Å². The average molecular weight is 292 g/mol. The van der Waals surface area contributed by atoms with Gasteiger partial charge in [0.05, 0.1) is 6.54 Å². The number of nitrogens with zero attached hydrogens (tertiary/aromatic N) is 3. The molecule has 2 rings (SSSR count). The molecule has 0 spiro atoms. The molecule has 2 amide bonds. The van der Waals surface area contributed by atoms with Crippen LogP contribution in [0.25, 0.3) is 0 Å². The van der Waals surface area contributed by atoms with Gasteiger partial charge in [-0.25, -0.2) is 0 Å². The summed E-state index contributed by atoms with van der Waals surface area (Å²) in [6, 6.07) is 1.69. The lowest BCUT2D eigenvalue weighted by Gasteiger charge is -2.40. The maximum Gasteiger partial charge on any atom is 0.251 e. The molecule has 1 fully saturated rings. The smallest absolute Gasteiger partial charge is 0.251 e. The summed E-state index contributed by atoms with van der Waals surface area (Å²) in [6.45, 7) is 6.29. The van der Waals surface area contributed by atoms with Gasteiger partial charge in [-0.3, -0.25) is 14.9 Å². The van der Waals surface area contributed by atoms with Crippen LogP contribution in [0.1, 0.15) is 27.2 Å². The van der Waals surface area contributed by atoms with E-state index in [2.05, 4.69) is 20.6 Å². The van der Waals surface area contributed by atoms with Crippen molar-refractivity contribution in [2.75, 3.05) is 29.0 Å². The summed E-state index contributed by atoms with van der Waals surface area (Å²) in [5, 5.41) is 5.44. The summed E-state index contributed by atoms with van der Waals surface area (Å²) in [5.74, 6) is 0.404. The van der Waals surface area contributed by atoms with E-state index in [4.69, 9.17) is 5.73 Å². The Labute approximate surface area is 123 Å². The normalized spacial score (nSPS) is 17.6. The van der Waals surface area contributed by atoms with E-state index in [1.807, 2.05) is 6.92 Å². The number of amides is 2. The third-order valence-corrected chi connectivity index (χ3v) is 3.35. The van der Waals surface area contributed by atoms with E-state index in [1.54, 1.807) is 24.8 Å². The summed E-state index contributed by atoms with van der Waals surface area (Å²) in [7, 11) is 0. The average Bonchev–Trinajstić information content (AvgIpc) is 2.40. The molecule has 0 aliphatic carbocycles. The van der Waals surface area contributed by atoms with Crippen molar-refractivity contribution in [2.45, 2.75) is 32.7 Å². The van der Waals surface area contributed by atoms with Crippen molar-refractivity contribution in [1.29, 1.82) is 0 Å². The zero-order valence-electron chi connectivity index (χ0n) is 12.4. The fourth-order valence-electron chi connectivity index (χ4n) is 2.08. The summed E-state index contributed by atoms with van der Waals surface area (Å²) in [5.41, 5.74) is 4.83. The molecule has 1 aliphatic rings. The predicted molar refractivity (Wildman–Crippen MR) is 79.8 cm³/mol. The van der Waals surface area contributed by atoms with Gasteiger partial charge < -0.3 is 16.0 Å². The quantitative estimate of drug-likeness (QED) is 0.675. The lowest BCUT2D eigenvalue weighted by Crippen LogP contribution is -2.64. The third-order valence-electron chi connectivity index (χ3n) is 3.35. The molecule has 0 saturated carbocycles. The van der Waals surface area contributed by atoms with Crippen LogP contribution in [0.5, 0.6) is 0 Å². The van der Waals surface area contributed by atoms with E-state index in [-0.39, 0.29) is 24.3 Å². The Morgan fingerprint density at radius 2 is 2.14 bits per heavy atom. The van der Waals surface area contributed by atoms with Gasteiger partial charge in [0.1, 0.15) is 17.2 Å². The van der Waals surface area contributed by atoms with Gasteiger partial charge in [0.25, 0.3) is 5.91 Å². The van der Waals surface area contributed by atoms with Crippen LogP contribution in [0.3, 0.4) is 0 Å². The molecule has 0 bridgehead atoms. The maximum atomic E-state index is 12.0. The van der Waals surface area contributed by atoms with Crippen LogP contribution >= 0.6 is 0 Å². The van der Waals surface area contributed by atoms with E-state index in [1.165, 1.54) is 0 Å². The lowest BCUT2D eigenvalue weighted by atomic mass is 9.99. The fourth-order valence-corrected chi connectivity index (χ4v) is 2.08. The van der Waals surface area contributed by atoms with Crippen molar-refractivity contribution in [1.82, 2.24) is 15.3 Å². The highest BCUT2D eigenvalue weighted by molar-refractivity contribution is 6.06. The number of carbonyl (C=O) groups is 2. The molecular weight excluding hydrogens is 272 g/mol. The fraction of sp³-hybridized carbons (Fsp3) is 0.538. The van der Waals surface area contributed by atoms with E-state index in [0.29, 0.717) is 11.6 Å². The summed E-state index contributed by atoms with van der Waals surface area (Å²) >= 11 is 0. The van der Waals surface area contributed by atoms with Gasteiger partial charge in [-0.1, -0.05) is 6.92 Å². The van der Waals surface area contributed by atoms with Crippen molar-refractivity contribution < 1.29 is 9.59 Å². The molecule has 4 N–H and O–H groups in total. The first-order valence-electron chi connectivity index (χ1n) is 6.85. The Hall–Kier alpha value is -2.38. The largest absolute Gasteiger partial charge is 0.370 e. The second kappa shape index (κ2) is 5.55. The summed E-state index contributed by atoms with van der Waals surface area (Å²) in [6.07, 6.45) is 0.940. The number of nitrogen functional groups attached to an aromatic ring is 1. The Bertz CT molecular complexity index is 572. The molecule has 1 saturated heterocycles. The molecule has 1 aromatic rings. The molecule has 2 heterocycles. The Kier molecular flexibility index (Phi) is 3.97. The molecule has 0 aromatic carbocycles. The van der Waals surface area contributed by atoms with E-state index in [9.17, 15) is 9.59 Å². The number of anilines is 3. The highest BCUT2D eigenvalue weighted by Crippen LogP contribution is 2.26. The third kappa shape index (κ3) is 3.04. The van der Waals surface area contributed by atoms with Crippen LogP contribution in [0.15, 0.2) is 6.07 Å². The zero-order chi connectivity index (χ0) is 15.6. The van der Waals surface area contributed by atoms with Gasteiger partial charge in [0.2, 0.25) is 11.9 Å². The monoisotopic (exact) mass is 292 g/mol. The second-order valence-electron chi connectivity index (χ2n) is 5.42. The number of carbonyl (C=O) groups excluding carboxylic acids is 2. The minimum absolute atomic E-state index is 0.0441. The highest BCUT2D eigenvalue weighted by atomic mass is 16.2. The molecule has 0 radical (unpaired) electrons. The van der Waals surface area contributed by atoms with Crippen LogP contribution in [-0.2, 0) is 9.59 Å². The van der Waals surface area contributed by atoms with Gasteiger partial charge in [-0.05, 0) is 20.3 Å². The number of piperazine rings is 1. The summed E-state index contributed by atoms with van der Waals surface area (Å²) < 4.78 is 0. The molecular formula is C13H20N6O2. The minimum Gasteiger partial charge on any atom is -0.370 e. The van der Waals surface area contributed by atoms with Gasteiger partial charge in [0.15, 0.2) is 0 Å². The van der Waals surface area contributed by atoms with E-state index >= 15 is 0 Å². The van der Waals surface area contributed by atoms with Gasteiger partial charge in [-0.2, -0.15) is 9.97 Å². The van der Waals surface area contributed by atoms with Crippen molar-refractivity contribution >= 4 is 29.4 Å². The molecule has 1 aromatic heterocycles. The maximum absolute atomic E-state index is 12.0. The van der Waals surface area contributed by atoms with E-state index in [0.717, 1.165) is 13.0 Å². The highest BCUT2D eigenvalue weighted by Gasteiger charge is 2.41. The molecule has 0 unspecified atom stereocenters. The van der Waals surface area contributed by atoms with Gasteiger partial charge in [0, 0.05) is 12.6 Å². The molecule has 114 valence electrons. The van der Waals surface area contributed by atoms with Crippen molar-refractivity contribution in [3.63, 3.8) is 0 Å². The number of hydrogen-bond donors (Lipinski definition) is 3. The predicted octanol–water partition coefficient (Wildman–Crippen LogP) is 0.122. The first kappa shape index (κ1) is 15.0. The Morgan fingerprint density at radius 1 is 1.43 bits per heavy atom. The first-order valence-corrected chi connectivity index (χ1v) is 6.85. The molecule has 8 heteroatoms. The number of imide groups is 1. The Balaban J connectivity index is 2.37. The molecule has 1 aliphatic heterocycles. The van der Waals surface area contributed by atoms with Crippen molar-refractivity contribution in [3.05, 3.63) is 6.07 Å². The first-order chi connectivity index (χ1) is 9.84. The number of nitrogens with two attached hydrogens (primary N) is 1.